The number of fused-ring (bicyclic) bond motifs is 2. The van der Waals surface area contributed by atoms with Gasteiger partial charge in [0.1, 0.15) is 11.8 Å². The van der Waals surface area contributed by atoms with Crippen LogP contribution in [0.1, 0.15) is 30.0 Å². The van der Waals surface area contributed by atoms with Crippen LogP contribution in [0.5, 0.6) is 5.75 Å². The molecule has 2 aliphatic rings. The van der Waals surface area contributed by atoms with E-state index in [9.17, 15) is 18.0 Å². The predicted molar refractivity (Wildman–Crippen MR) is 154 cm³/mol. The molecule has 2 N–H and O–H groups in total. The van der Waals surface area contributed by atoms with Crippen LogP contribution in [0.2, 0.25) is 10.0 Å². The van der Waals surface area contributed by atoms with Gasteiger partial charge in [-0.15, -0.1) is 0 Å². The second-order valence-corrected chi connectivity index (χ2v) is 12.6. The summed E-state index contributed by atoms with van der Waals surface area (Å²) < 4.78 is 34.7. The molecule has 0 fully saturated rings. The molecule has 3 aromatic carbocycles. The number of rotatable bonds is 7. The fraction of sp³-hybridized carbons (Fsp3) is 0.286. The molecule has 0 unspecified atom stereocenters. The molecule has 2 atom stereocenters. The Bertz CT molecular complexity index is 1580. The Labute approximate surface area is 243 Å². The van der Waals surface area contributed by atoms with Crippen molar-refractivity contribution >= 4 is 56.4 Å². The number of hydrogen-bond donors (Lipinski definition) is 2. The van der Waals surface area contributed by atoms with Crippen molar-refractivity contribution in [1.82, 2.24) is 10.2 Å². The highest BCUT2D eigenvalue weighted by Gasteiger charge is 2.42. The van der Waals surface area contributed by atoms with Crippen LogP contribution >= 0.6 is 23.2 Å². The number of sulfonamides is 1. The summed E-state index contributed by atoms with van der Waals surface area (Å²) in [6.45, 7) is 1.16. The van der Waals surface area contributed by atoms with Crippen molar-refractivity contribution in [2.24, 2.45) is 0 Å². The molecule has 9 nitrogen and oxygen atoms in total. The lowest BCUT2D eigenvalue weighted by Gasteiger charge is -2.37. The second kappa shape index (κ2) is 11.3. The van der Waals surface area contributed by atoms with E-state index < -0.39 is 34.3 Å². The molecule has 2 amide bonds. The third kappa shape index (κ3) is 5.62. The molecule has 2 heterocycles. The molecule has 210 valence electrons. The highest BCUT2D eigenvalue weighted by molar-refractivity contribution is 7.93. The van der Waals surface area contributed by atoms with Crippen molar-refractivity contribution in [1.29, 1.82) is 0 Å². The quantitative estimate of drug-likeness (QED) is 0.409. The van der Waals surface area contributed by atoms with E-state index >= 15 is 0 Å². The van der Waals surface area contributed by atoms with Crippen molar-refractivity contribution in [3.05, 3.63) is 81.8 Å². The zero-order valence-corrected chi connectivity index (χ0v) is 24.2. The summed E-state index contributed by atoms with van der Waals surface area (Å²) in [5, 5.41) is 5.97. The molecule has 0 saturated carbocycles. The first kappa shape index (κ1) is 28.2. The Morgan fingerprint density at radius 2 is 1.88 bits per heavy atom. The molecular weight excluding hydrogens is 575 g/mol. The maximum Gasteiger partial charge on any atom is 0.265 e. The lowest BCUT2D eigenvalue weighted by Crippen LogP contribution is -2.53. The van der Waals surface area contributed by atoms with Crippen molar-refractivity contribution in [2.75, 3.05) is 30.3 Å². The lowest BCUT2D eigenvalue weighted by molar-refractivity contribution is -0.125. The summed E-state index contributed by atoms with van der Waals surface area (Å²) in [5.41, 5.74) is 2.48. The summed E-state index contributed by atoms with van der Waals surface area (Å²) in [6, 6.07) is 14.7. The van der Waals surface area contributed by atoms with Crippen LogP contribution < -0.4 is 19.7 Å². The van der Waals surface area contributed by atoms with Gasteiger partial charge in [-0.1, -0.05) is 47.5 Å². The van der Waals surface area contributed by atoms with Crippen molar-refractivity contribution in [2.45, 2.75) is 36.4 Å². The normalized spacial score (nSPS) is 18.4. The van der Waals surface area contributed by atoms with E-state index in [1.54, 1.807) is 24.3 Å². The van der Waals surface area contributed by atoms with E-state index in [4.69, 9.17) is 27.9 Å². The molecule has 0 spiro atoms. The second-order valence-electron chi connectivity index (χ2n) is 9.97. The fourth-order valence-electron chi connectivity index (χ4n) is 4.96. The molecule has 0 saturated heterocycles. The van der Waals surface area contributed by atoms with Gasteiger partial charge in [0.2, 0.25) is 11.8 Å². The first-order valence-corrected chi connectivity index (χ1v) is 14.8. The topological polar surface area (TPSA) is 108 Å². The number of carbonyl (C=O) groups is 2. The van der Waals surface area contributed by atoms with Crippen molar-refractivity contribution < 1.29 is 22.7 Å². The summed E-state index contributed by atoms with van der Waals surface area (Å²) >= 11 is 12.1. The van der Waals surface area contributed by atoms with Crippen LogP contribution in [0.3, 0.4) is 0 Å². The Morgan fingerprint density at radius 3 is 2.62 bits per heavy atom. The standard InChI is InChI=1S/C28H28Cl2N4O5S/c1-33(2)16-17-7-9-19-22(11-12-39-26(19)13-17)31-27(35)15-25-28(36)32-23-5-3-4-6-24(23)34(25)40(37,38)18-8-10-20(29)21(30)14-18/h3-10,13-14,22,25H,11-12,15-16H2,1-2H3,(H,31,35)(H,32,36)/t22-,25-/m1/s1. The monoisotopic (exact) mass is 602 g/mol. The Hall–Kier alpha value is -3.31. The summed E-state index contributed by atoms with van der Waals surface area (Å²) in [5.74, 6) is -0.383. The number of anilines is 2. The number of ether oxygens (including phenoxy) is 1. The highest BCUT2D eigenvalue weighted by atomic mass is 35.5. The average molecular weight is 604 g/mol. The van der Waals surface area contributed by atoms with Gasteiger partial charge in [-0.3, -0.25) is 13.9 Å². The fourth-order valence-corrected chi connectivity index (χ4v) is 6.98. The molecule has 0 aromatic heterocycles. The maximum atomic E-state index is 13.9. The molecule has 12 heteroatoms. The molecular formula is C28H28Cl2N4O5S. The Balaban J connectivity index is 1.43. The van der Waals surface area contributed by atoms with E-state index in [0.29, 0.717) is 24.5 Å². The number of nitrogens with one attached hydrogen (secondary N) is 2. The van der Waals surface area contributed by atoms with Crippen LogP contribution in [0.4, 0.5) is 11.4 Å². The summed E-state index contributed by atoms with van der Waals surface area (Å²) in [4.78, 5) is 28.5. The SMILES string of the molecule is CN(C)Cc1ccc2c(c1)OCC[C@H]2NC(=O)C[C@@H]1C(=O)Nc2ccccc2N1S(=O)(=O)c1ccc(Cl)c(Cl)c1. The first-order chi connectivity index (χ1) is 19.0. The van der Waals surface area contributed by atoms with Crippen LogP contribution in [-0.4, -0.2) is 51.9 Å². The van der Waals surface area contributed by atoms with Gasteiger partial charge < -0.3 is 20.3 Å². The highest BCUT2D eigenvalue weighted by Crippen LogP contribution is 2.39. The zero-order valence-electron chi connectivity index (χ0n) is 21.9. The minimum Gasteiger partial charge on any atom is -0.493 e. The van der Waals surface area contributed by atoms with Gasteiger partial charge in [0.25, 0.3) is 10.0 Å². The minimum atomic E-state index is -4.31. The van der Waals surface area contributed by atoms with Crippen LogP contribution in [0.15, 0.2) is 65.6 Å². The number of benzene rings is 3. The van der Waals surface area contributed by atoms with Gasteiger partial charge >= 0.3 is 0 Å². The smallest absolute Gasteiger partial charge is 0.265 e. The van der Waals surface area contributed by atoms with Gasteiger partial charge in [-0.25, -0.2) is 8.42 Å². The average Bonchev–Trinajstić information content (AvgIpc) is 2.90. The van der Waals surface area contributed by atoms with Gasteiger partial charge in [-0.05, 0) is 56.1 Å². The number of halogens is 2. The van der Waals surface area contributed by atoms with Crippen LogP contribution in [-0.2, 0) is 26.2 Å². The van der Waals surface area contributed by atoms with Gasteiger partial charge in [0.15, 0.2) is 0 Å². The Morgan fingerprint density at radius 1 is 1.10 bits per heavy atom. The van der Waals surface area contributed by atoms with Crippen LogP contribution in [0.25, 0.3) is 0 Å². The number of hydrogen-bond acceptors (Lipinski definition) is 6. The van der Waals surface area contributed by atoms with E-state index in [1.165, 1.54) is 18.2 Å². The third-order valence-corrected chi connectivity index (χ3v) is 9.32. The molecule has 2 aliphatic heterocycles. The number of amides is 2. The largest absolute Gasteiger partial charge is 0.493 e. The maximum absolute atomic E-state index is 13.9. The summed E-state index contributed by atoms with van der Waals surface area (Å²) in [6.07, 6.45) is 0.142. The molecule has 40 heavy (non-hydrogen) atoms. The number of carbonyl (C=O) groups excluding carboxylic acids is 2. The molecule has 3 aromatic rings. The predicted octanol–water partition coefficient (Wildman–Crippen LogP) is 4.60. The molecule has 0 aliphatic carbocycles. The number of para-hydroxylation sites is 2. The minimum absolute atomic E-state index is 0.0544. The third-order valence-electron chi connectivity index (χ3n) is 6.76. The van der Waals surface area contributed by atoms with Gasteiger partial charge in [-0.2, -0.15) is 0 Å². The first-order valence-electron chi connectivity index (χ1n) is 12.6. The zero-order chi connectivity index (χ0) is 28.6. The van der Waals surface area contributed by atoms with E-state index in [0.717, 1.165) is 22.0 Å². The number of nitrogens with zero attached hydrogens (tertiary/aromatic N) is 2. The van der Waals surface area contributed by atoms with E-state index in [2.05, 4.69) is 15.5 Å². The summed E-state index contributed by atoms with van der Waals surface area (Å²) in [7, 11) is -0.353. The van der Waals surface area contributed by atoms with E-state index in [1.807, 2.05) is 32.3 Å². The molecule has 5 rings (SSSR count). The van der Waals surface area contributed by atoms with Gasteiger partial charge in [0, 0.05) is 18.5 Å². The molecule has 0 radical (unpaired) electrons. The van der Waals surface area contributed by atoms with Crippen LogP contribution in [0, 0.1) is 0 Å². The molecule has 0 bridgehead atoms. The van der Waals surface area contributed by atoms with E-state index in [-0.39, 0.29) is 26.7 Å². The Kier molecular flexibility index (Phi) is 7.96. The van der Waals surface area contributed by atoms with Crippen molar-refractivity contribution in [3.63, 3.8) is 0 Å². The lowest BCUT2D eigenvalue weighted by atomic mass is 9.98. The van der Waals surface area contributed by atoms with Gasteiger partial charge in [0.05, 0.1) is 45.4 Å². The van der Waals surface area contributed by atoms with Crippen molar-refractivity contribution in [3.8, 4) is 5.75 Å².